The molecule has 0 saturated carbocycles. The van der Waals surface area contributed by atoms with Crippen LogP contribution >= 0.6 is 0 Å². The van der Waals surface area contributed by atoms with Crippen LogP contribution < -0.4 is 9.47 Å². The molecule has 1 aromatic rings. The van der Waals surface area contributed by atoms with Gasteiger partial charge in [-0.15, -0.1) is 0 Å². The summed E-state index contributed by atoms with van der Waals surface area (Å²) in [7, 11) is 1.30. The maximum Gasteiger partial charge on any atom is 0.424 e. The highest BCUT2D eigenvalue weighted by molar-refractivity contribution is 5.88. The van der Waals surface area contributed by atoms with Crippen LogP contribution in [0.5, 0.6) is 11.5 Å². The summed E-state index contributed by atoms with van der Waals surface area (Å²) in [6, 6.07) is 5.35. The standard InChI is InChI=1S/C15H19NO5/c1-5-19-13(17)16(4)14(18)20-11-8-6-7-10-9-15(2,3)21-12(10)11/h6-8H,5,9H2,1-4H3. The van der Waals surface area contributed by atoms with Gasteiger partial charge in [-0.3, -0.25) is 0 Å². The molecule has 0 aliphatic carbocycles. The molecule has 0 saturated heterocycles. The zero-order valence-electron chi connectivity index (χ0n) is 12.6. The van der Waals surface area contributed by atoms with Crippen molar-refractivity contribution in [2.24, 2.45) is 0 Å². The highest BCUT2D eigenvalue weighted by Crippen LogP contribution is 2.41. The summed E-state index contributed by atoms with van der Waals surface area (Å²) >= 11 is 0. The minimum atomic E-state index is -0.810. The molecule has 0 aromatic heterocycles. The lowest BCUT2D eigenvalue weighted by atomic mass is 10.0. The number of benzene rings is 1. The number of imide groups is 1. The highest BCUT2D eigenvalue weighted by atomic mass is 16.6. The average Bonchev–Trinajstić information content (AvgIpc) is 2.73. The molecule has 114 valence electrons. The van der Waals surface area contributed by atoms with Gasteiger partial charge in [0, 0.05) is 19.0 Å². The molecule has 0 radical (unpaired) electrons. The Labute approximate surface area is 123 Å². The van der Waals surface area contributed by atoms with Gasteiger partial charge in [-0.1, -0.05) is 12.1 Å². The summed E-state index contributed by atoms with van der Waals surface area (Å²) in [5, 5.41) is 0. The van der Waals surface area contributed by atoms with E-state index in [0.717, 1.165) is 16.9 Å². The van der Waals surface area contributed by atoms with Crippen LogP contribution in [0.2, 0.25) is 0 Å². The molecule has 0 unspecified atom stereocenters. The van der Waals surface area contributed by atoms with E-state index in [1.807, 2.05) is 19.9 Å². The van der Waals surface area contributed by atoms with Gasteiger partial charge in [-0.05, 0) is 26.8 Å². The van der Waals surface area contributed by atoms with Gasteiger partial charge in [0.05, 0.1) is 6.61 Å². The number of para-hydroxylation sites is 1. The van der Waals surface area contributed by atoms with Crippen molar-refractivity contribution in [1.82, 2.24) is 4.90 Å². The number of fused-ring (bicyclic) bond motifs is 1. The molecule has 0 fully saturated rings. The molecule has 1 aliphatic rings. The van der Waals surface area contributed by atoms with Crippen molar-refractivity contribution in [2.45, 2.75) is 32.8 Å². The Bertz CT molecular complexity index is 567. The summed E-state index contributed by atoms with van der Waals surface area (Å²) in [5.41, 5.74) is 0.641. The van der Waals surface area contributed by atoms with Crippen LogP contribution in [0.4, 0.5) is 9.59 Å². The highest BCUT2D eigenvalue weighted by Gasteiger charge is 2.33. The molecule has 1 aromatic carbocycles. The van der Waals surface area contributed by atoms with E-state index in [-0.39, 0.29) is 12.2 Å². The molecule has 21 heavy (non-hydrogen) atoms. The molecule has 0 N–H and O–H groups in total. The van der Waals surface area contributed by atoms with E-state index in [0.29, 0.717) is 11.5 Å². The first kappa shape index (κ1) is 15.2. The van der Waals surface area contributed by atoms with E-state index in [1.54, 1.807) is 19.1 Å². The summed E-state index contributed by atoms with van der Waals surface area (Å²) in [5.74, 6) is 0.854. The molecule has 0 spiro atoms. The second-order valence-corrected chi connectivity index (χ2v) is 5.41. The molecule has 1 heterocycles. The van der Waals surface area contributed by atoms with E-state index < -0.39 is 12.2 Å². The first-order chi connectivity index (χ1) is 9.84. The fourth-order valence-corrected chi connectivity index (χ4v) is 2.13. The molecular formula is C15H19NO5. The summed E-state index contributed by atoms with van der Waals surface area (Å²) in [6.45, 7) is 5.78. The predicted octanol–water partition coefficient (Wildman–Crippen LogP) is 2.99. The van der Waals surface area contributed by atoms with Crippen molar-refractivity contribution in [3.63, 3.8) is 0 Å². The third-order valence-electron chi connectivity index (χ3n) is 3.07. The molecule has 1 aliphatic heterocycles. The van der Waals surface area contributed by atoms with E-state index in [9.17, 15) is 9.59 Å². The lowest BCUT2D eigenvalue weighted by molar-refractivity contribution is 0.106. The second kappa shape index (κ2) is 5.63. The SMILES string of the molecule is CCOC(=O)N(C)C(=O)Oc1cccc2c1OC(C)(C)C2. The predicted molar refractivity (Wildman–Crippen MR) is 75.7 cm³/mol. The molecule has 6 nitrogen and oxygen atoms in total. The normalized spacial score (nSPS) is 14.9. The smallest absolute Gasteiger partial charge is 0.424 e. The quantitative estimate of drug-likeness (QED) is 0.838. The maximum atomic E-state index is 11.9. The number of nitrogens with zero attached hydrogens (tertiary/aromatic N) is 1. The van der Waals surface area contributed by atoms with Crippen molar-refractivity contribution in [2.75, 3.05) is 13.7 Å². The summed E-state index contributed by atoms with van der Waals surface area (Å²) in [6.07, 6.45) is -0.826. The summed E-state index contributed by atoms with van der Waals surface area (Å²) < 4.78 is 15.8. The van der Waals surface area contributed by atoms with Crippen LogP contribution in [-0.2, 0) is 11.2 Å². The lowest BCUT2D eigenvalue weighted by Gasteiger charge is -2.19. The Morgan fingerprint density at radius 1 is 1.33 bits per heavy atom. The molecule has 2 rings (SSSR count). The van der Waals surface area contributed by atoms with Crippen molar-refractivity contribution in [3.8, 4) is 11.5 Å². The van der Waals surface area contributed by atoms with Gasteiger partial charge >= 0.3 is 12.2 Å². The van der Waals surface area contributed by atoms with Gasteiger partial charge in [-0.2, -0.15) is 0 Å². The number of amides is 2. The molecule has 0 bridgehead atoms. The third kappa shape index (κ3) is 3.26. The topological polar surface area (TPSA) is 65.1 Å². The largest absolute Gasteiger partial charge is 0.483 e. The van der Waals surface area contributed by atoms with Gasteiger partial charge < -0.3 is 14.2 Å². The monoisotopic (exact) mass is 293 g/mol. The van der Waals surface area contributed by atoms with Crippen molar-refractivity contribution < 1.29 is 23.8 Å². The van der Waals surface area contributed by atoms with Gasteiger partial charge in [0.25, 0.3) is 0 Å². The van der Waals surface area contributed by atoms with Gasteiger partial charge in [0.1, 0.15) is 5.60 Å². The fraction of sp³-hybridized carbons (Fsp3) is 0.467. The van der Waals surface area contributed by atoms with Crippen molar-refractivity contribution in [3.05, 3.63) is 23.8 Å². The Kier molecular flexibility index (Phi) is 4.06. The molecular weight excluding hydrogens is 274 g/mol. The number of carbonyl (C=O) groups excluding carboxylic acids is 2. The minimum Gasteiger partial charge on any atom is -0.483 e. The van der Waals surface area contributed by atoms with Crippen LogP contribution in [0.15, 0.2) is 18.2 Å². The molecule has 2 amide bonds. The van der Waals surface area contributed by atoms with E-state index in [4.69, 9.17) is 14.2 Å². The Hall–Kier alpha value is -2.24. The van der Waals surface area contributed by atoms with E-state index in [2.05, 4.69) is 0 Å². The van der Waals surface area contributed by atoms with Crippen LogP contribution in [0.3, 0.4) is 0 Å². The third-order valence-corrected chi connectivity index (χ3v) is 3.07. The Balaban J connectivity index is 2.13. The Morgan fingerprint density at radius 2 is 2.05 bits per heavy atom. The Morgan fingerprint density at radius 3 is 2.71 bits per heavy atom. The van der Waals surface area contributed by atoms with E-state index >= 15 is 0 Å². The van der Waals surface area contributed by atoms with E-state index in [1.165, 1.54) is 7.05 Å². The number of carbonyl (C=O) groups is 2. The average molecular weight is 293 g/mol. The summed E-state index contributed by atoms with van der Waals surface area (Å²) in [4.78, 5) is 24.2. The molecule has 6 heteroatoms. The fourth-order valence-electron chi connectivity index (χ4n) is 2.13. The first-order valence-electron chi connectivity index (χ1n) is 6.77. The maximum absolute atomic E-state index is 11.9. The number of hydrogen-bond donors (Lipinski definition) is 0. The van der Waals surface area contributed by atoms with Gasteiger partial charge in [-0.25, -0.2) is 14.5 Å². The number of ether oxygens (including phenoxy) is 3. The van der Waals surface area contributed by atoms with Crippen molar-refractivity contribution >= 4 is 12.2 Å². The molecule has 0 atom stereocenters. The second-order valence-electron chi connectivity index (χ2n) is 5.41. The zero-order chi connectivity index (χ0) is 15.6. The van der Waals surface area contributed by atoms with Crippen LogP contribution in [0.1, 0.15) is 26.3 Å². The number of rotatable bonds is 2. The van der Waals surface area contributed by atoms with Crippen molar-refractivity contribution in [1.29, 1.82) is 0 Å². The van der Waals surface area contributed by atoms with Crippen LogP contribution in [0.25, 0.3) is 0 Å². The zero-order valence-corrected chi connectivity index (χ0v) is 12.6. The minimum absolute atomic E-state index is 0.189. The first-order valence-corrected chi connectivity index (χ1v) is 6.77. The van der Waals surface area contributed by atoms with Gasteiger partial charge in [0.2, 0.25) is 0 Å². The lowest BCUT2D eigenvalue weighted by Crippen LogP contribution is -2.36. The van der Waals surface area contributed by atoms with Crippen LogP contribution in [-0.4, -0.2) is 36.3 Å². The van der Waals surface area contributed by atoms with Gasteiger partial charge in [0.15, 0.2) is 11.5 Å². The number of hydrogen-bond acceptors (Lipinski definition) is 5. The van der Waals surface area contributed by atoms with Crippen LogP contribution in [0, 0.1) is 0 Å².